The van der Waals surface area contributed by atoms with Crippen LogP contribution < -0.4 is 9.62 Å². The Hall–Kier alpha value is -3.51. The number of aromatic nitrogens is 3. The number of hydrogen-bond acceptors (Lipinski definition) is 8. The monoisotopic (exact) mass is 495 g/mol. The van der Waals surface area contributed by atoms with Gasteiger partial charge in [0.15, 0.2) is 5.76 Å². The lowest BCUT2D eigenvalue weighted by atomic mass is 10.0. The molecule has 12 heteroatoms. The zero-order valence-electron chi connectivity index (χ0n) is 19.6. The minimum atomic E-state index is -3.78. The molecule has 0 saturated heterocycles. The number of amides is 1. The minimum Gasteiger partial charge on any atom is -0.359 e. The number of guanidine groups is 1. The second kappa shape index (κ2) is 7.49. The van der Waals surface area contributed by atoms with Crippen LogP contribution in [0.2, 0.25) is 0 Å². The molecule has 0 unspecified atom stereocenters. The molecule has 0 bridgehead atoms. The van der Waals surface area contributed by atoms with E-state index in [0.717, 1.165) is 24.1 Å². The van der Waals surface area contributed by atoms with Crippen LogP contribution in [0.1, 0.15) is 53.2 Å². The minimum absolute atomic E-state index is 0.0608. The average Bonchev–Trinajstić information content (AvgIpc) is 3.19. The van der Waals surface area contributed by atoms with Gasteiger partial charge in [0.05, 0.1) is 41.1 Å². The predicted molar refractivity (Wildman–Crippen MR) is 126 cm³/mol. The van der Waals surface area contributed by atoms with Crippen LogP contribution in [0.5, 0.6) is 0 Å². The molecule has 35 heavy (non-hydrogen) atoms. The topological polar surface area (TPSA) is 126 Å². The summed E-state index contributed by atoms with van der Waals surface area (Å²) < 4.78 is 36.1. The van der Waals surface area contributed by atoms with Gasteiger partial charge >= 0.3 is 0 Å². The molecule has 1 aromatic carbocycles. The van der Waals surface area contributed by atoms with Gasteiger partial charge in [0, 0.05) is 30.4 Å². The van der Waals surface area contributed by atoms with Gasteiger partial charge in [0.2, 0.25) is 16.0 Å². The number of aliphatic imine (C=N–C) groups is 1. The molecule has 3 aromatic rings. The number of carbonyl (C=O) groups is 1. The smallest absolute Gasteiger partial charge is 0.263 e. The first-order chi connectivity index (χ1) is 16.6. The Balaban J connectivity index is 1.44. The van der Waals surface area contributed by atoms with E-state index in [1.54, 1.807) is 21.8 Å². The summed E-state index contributed by atoms with van der Waals surface area (Å²) in [4.78, 5) is 22.0. The molecule has 4 heterocycles. The fourth-order valence-corrected chi connectivity index (χ4v) is 6.06. The summed E-state index contributed by atoms with van der Waals surface area (Å²) in [5, 5.41) is 8.22. The quantitative estimate of drug-likeness (QED) is 0.555. The summed E-state index contributed by atoms with van der Waals surface area (Å²) >= 11 is 0. The standard InChI is InChI=1S/C23H25N7O4S/c1-14-8-20(34-26-14)19-11-24-22-29(13-15-10-25-28(3)12-15)21(31)17-9-16(4-5-18(17)30(19)22)35(32,33)27-23(2)6-7-23/h4-5,8-10,12,19,27H,6-7,11,13H2,1-3H3/t19-/m1/s1. The first-order valence-corrected chi connectivity index (χ1v) is 12.9. The van der Waals surface area contributed by atoms with Crippen molar-refractivity contribution in [2.45, 2.75) is 49.7 Å². The number of benzene rings is 1. The Labute approximate surface area is 202 Å². The summed E-state index contributed by atoms with van der Waals surface area (Å²) in [6.07, 6.45) is 5.11. The van der Waals surface area contributed by atoms with Gasteiger partial charge in [-0.2, -0.15) is 5.10 Å². The third-order valence-corrected chi connectivity index (χ3v) is 8.28. The highest BCUT2D eigenvalue weighted by atomic mass is 32.2. The molecule has 1 saturated carbocycles. The number of hydrogen-bond donors (Lipinski definition) is 1. The molecule has 0 spiro atoms. The maximum absolute atomic E-state index is 13.7. The molecule has 6 rings (SSSR count). The van der Waals surface area contributed by atoms with Crippen LogP contribution >= 0.6 is 0 Å². The van der Waals surface area contributed by atoms with Crippen molar-refractivity contribution in [2.24, 2.45) is 12.0 Å². The summed E-state index contributed by atoms with van der Waals surface area (Å²) in [5.41, 5.74) is 2.03. The largest absolute Gasteiger partial charge is 0.359 e. The molecule has 1 atom stereocenters. The van der Waals surface area contributed by atoms with Crippen molar-refractivity contribution in [3.8, 4) is 0 Å². The molecule has 182 valence electrons. The van der Waals surface area contributed by atoms with Crippen LogP contribution in [0.15, 0.2) is 51.1 Å². The Bertz CT molecular complexity index is 1480. The second-order valence-electron chi connectivity index (χ2n) is 9.66. The molecular weight excluding hydrogens is 470 g/mol. The third kappa shape index (κ3) is 3.73. The van der Waals surface area contributed by atoms with E-state index in [0.29, 0.717) is 29.5 Å². The normalized spacial score (nSPS) is 20.6. The predicted octanol–water partition coefficient (Wildman–Crippen LogP) is 2.12. The molecule has 1 fully saturated rings. The molecule has 0 radical (unpaired) electrons. The number of anilines is 1. The summed E-state index contributed by atoms with van der Waals surface area (Å²) in [6.45, 7) is 4.34. The molecule has 2 aromatic heterocycles. The van der Waals surface area contributed by atoms with Gasteiger partial charge in [-0.3, -0.25) is 19.3 Å². The molecular formula is C23H25N7O4S. The summed E-state index contributed by atoms with van der Waals surface area (Å²) in [6, 6.07) is 6.22. The number of sulfonamides is 1. The number of nitrogens with zero attached hydrogens (tertiary/aromatic N) is 6. The Morgan fingerprint density at radius 3 is 2.71 bits per heavy atom. The van der Waals surface area contributed by atoms with E-state index < -0.39 is 15.6 Å². The zero-order chi connectivity index (χ0) is 24.5. The van der Waals surface area contributed by atoms with E-state index in [2.05, 4.69) is 20.0 Å². The number of nitrogens with one attached hydrogen (secondary N) is 1. The van der Waals surface area contributed by atoms with Crippen LogP contribution in [0.4, 0.5) is 5.69 Å². The van der Waals surface area contributed by atoms with Gasteiger partial charge in [-0.05, 0) is 44.9 Å². The Morgan fingerprint density at radius 1 is 1.26 bits per heavy atom. The zero-order valence-corrected chi connectivity index (χ0v) is 20.4. The third-order valence-electron chi connectivity index (χ3n) is 6.64. The van der Waals surface area contributed by atoms with E-state index in [1.807, 2.05) is 38.1 Å². The highest BCUT2D eigenvalue weighted by Crippen LogP contribution is 2.41. The lowest BCUT2D eigenvalue weighted by Gasteiger charge is -2.38. The van der Waals surface area contributed by atoms with Crippen LogP contribution in [0.3, 0.4) is 0 Å². The highest BCUT2D eigenvalue weighted by molar-refractivity contribution is 7.89. The van der Waals surface area contributed by atoms with Gasteiger partial charge in [0.25, 0.3) is 5.91 Å². The first-order valence-electron chi connectivity index (χ1n) is 11.4. The maximum atomic E-state index is 13.7. The lowest BCUT2D eigenvalue weighted by Crippen LogP contribution is -2.50. The van der Waals surface area contributed by atoms with Crippen molar-refractivity contribution >= 4 is 27.6 Å². The van der Waals surface area contributed by atoms with E-state index in [4.69, 9.17) is 4.52 Å². The number of carbonyl (C=O) groups excluding carboxylic acids is 1. The lowest BCUT2D eigenvalue weighted by molar-refractivity contribution is 0.0832. The van der Waals surface area contributed by atoms with E-state index >= 15 is 0 Å². The molecule has 3 aliphatic rings. The molecule has 1 aliphatic carbocycles. The van der Waals surface area contributed by atoms with Crippen molar-refractivity contribution in [3.63, 3.8) is 0 Å². The van der Waals surface area contributed by atoms with E-state index in [1.165, 1.54) is 12.1 Å². The molecule has 11 nitrogen and oxygen atoms in total. The fraction of sp³-hybridized carbons (Fsp3) is 0.391. The highest BCUT2D eigenvalue weighted by Gasteiger charge is 2.45. The van der Waals surface area contributed by atoms with Crippen LogP contribution in [0, 0.1) is 6.92 Å². The van der Waals surface area contributed by atoms with Crippen LogP contribution in [-0.4, -0.2) is 52.2 Å². The number of aryl methyl sites for hydroxylation is 2. The van der Waals surface area contributed by atoms with Crippen molar-refractivity contribution in [2.75, 3.05) is 11.4 Å². The SMILES string of the molecule is Cc1cc([C@H]2CN=C3N(Cc4cnn(C)c4)C(=O)c4cc(S(=O)(=O)NC5(C)CC5)ccc4N32)on1. The van der Waals surface area contributed by atoms with Crippen LogP contribution in [-0.2, 0) is 23.6 Å². The number of fused-ring (bicyclic) bond motifs is 3. The van der Waals surface area contributed by atoms with Crippen LogP contribution in [0.25, 0.3) is 0 Å². The molecule has 1 amide bonds. The van der Waals surface area contributed by atoms with Gasteiger partial charge in [0.1, 0.15) is 6.04 Å². The van der Waals surface area contributed by atoms with Gasteiger partial charge in [-0.25, -0.2) is 18.1 Å². The van der Waals surface area contributed by atoms with Crippen molar-refractivity contribution in [1.82, 2.24) is 24.6 Å². The van der Waals surface area contributed by atoms with Crippen molar-refractivity contribution < 1.29 is 17.7 Å². The Kier molecular flexibility index (Phi) is 4.71. The van der Waals surface area contributed by atoms with Gasteiger partial charge in [-0.15, -0.1) is 0 Å². The average molecular weight is 496 g/mol. The van der Waals surface area contributed by atoms with Crippen molar-refractivity contribution in [1.29, 1.82) is 0 Å². The Morgan fingerprint density at radius 2 is 2.06 bits per heavy atom. The molecule has 1 N–H and O–H groups in total. The van der Waals surface area contributed by atoms with Gasteiger partial charge in [-0.1, -0.05) is 5.16 Å². The maximum Gasteiger partial charge on any atom is 0.263 e. The fourth-order valence-electron chi connectivity index (χ4n) is 4.57. The molecule has 2 aliphatic heterocycles. The van der Waals surface area contributed by atoms with Crippen molar-refractivity contribution in [3.05, 3.63) is 59.2 Å². The van der Waals surface area contributed by atoms with E-state index in [9.17, 15) is 13.2 Å². The summed E-state index contributed by atoms with van der Waals surface area (Å²) in [5.74, 6) is 0.801. The second-order valence-corrected chi connectivity index (χ2v) is 11.3. The summed E-state index contributed by atoms with van der Waals surface area (Å²) in [7, 11) is -1.97. The number of rotatable bonds is 6. The van der Waals surface area contributed by atoms with Gasteiger partial charge < -0.3 is 4.52 Å². The first kappa shape index (κ1) is 22.0. The van der Waals surface area contributed by atoms with E-state index in [-0.39, 0.29) is 23.4 Å².